The molecule has 0 spiro atoms. The Balaban J connectivity index is 0.000000201. The van der Waals surface area contributed by atoms with Crippen molar-refractivity contribution in [3.05, 3.63) is 63.8 Å². The lowest BCUT2D eigenvalue weighted by molar-refractivity contribution is -0.275. The van der Waals surface area contributed by atoms with Gasteiger partial charge in [-0.05, 0) is 43.9 Å². The molecule has 21 heteroatoms. The van der Waals surface area contributed by atoms with Gasteiger partial charge in [-0.3, -0.25) is 19.3 Å². The van der Waals surface area contributed by atoms with Crippen LogP contribution in [-0.4, -0.2) is 73.1 Å². The Hall–Kier alpha value is -6.17. The highest BCUT2D eigenvalue weighted by Gasteiger charge is 2.42. The number of benzene rings is 2. The van der Waals surface area contributed by atoms with Crippen LogP contribution in [0.1, 0.15) is 25.7 Å². The summed E-state index contributed by atoms with van der Waals surface area (Å²) in [5.41, 5.74) is -0.0405. The van der Waals surface area contributed by atoms with Crippen molar-refractivity contribution in [2.45, 2.75) is 36.9 Å². The molecule has 2 aromatic carbocycles. The average molecular weight is 751 g/mol. The number of rotatable bonds is 6. The third-order valence-corrected chi connectivity index (χ3v) is 9.11. The quantitative estimate of drug-likeness (QED) is 0.221. The molecule has 0 bridgehead atoms. The van der Waals surface area contributed by atoms with E-state index in [4.69, 9.17) is 15.9 Å². The molecule has 0 saturated carbocycles. The van der Waals surface area contributed by atoms with Crippen LogP contribution >= 0.6 is 0 Å². The lowest BCUT2D eigenvalue weighted by atomic mass is 9.93. The van der Waals surface area contributed by atoms with Gasteiger partial charge in [0.15, 0.2) is 12.4 Å². The average Bonchev–Trinajstić information content (AvgIpc) is 3.52. The Morgan fingerprint density at radius 1 is 1.06 bits per heavy atom. The van der Waals surface area contributed by atoms with Crippen molar-refractivity contribution >= 4 is 45.2 Å². The van der Waals surface area contributed by atoms with Crippen LogP contribution in [0.3, 0.4) is 0 Å². The highest BCUT2D eigenvalue weighted by atomic mass is 32.2. The summed E-state index contributed by atoms with van der Waals surface area (Å²) in [7, 11) is -2.45. The molecular weight excluding hydrogens is 724 g/mol. The van der Waals surface area contributed by atoms with Crippen LogP contribution in [0.15, 0.2) is 57.2 Å². The highest BCUT2D eigenvalue weighted by Crippen LogP contribution is 2.41. The van der Waals surface area contributed by atoms with Gasteiger partial charge >= 0.3 is 24.1 Å². The smallest absolute Gasteiger partial charge is 0.481 e. The molecule has 4 amide bonds. The molecule has 3 aliphatic rings. The number of hydrogen-bond acceptors (Lipinski definition) is 11. The van der Waals surface area contributed by atoms with Gasteiger partial charge < -0.3 is 14.2 Å². The second kappa shape index (κ2) is 14.2. The predicted octanol–water partition coefficient (Wildman–Crippen LogP) is 2.36. The van der Waals surface area contributed by atoms with E-state index in [1.165, 1.54) is 22.7 Å². The fourth-order valence-corrected chi connectivity index (χ4v) is 6.49. The molecule has 0 radical (unpaired) electrons. The molecule has 1 N–H and O–H groups in total. The Morgan fingerprint density at radius 2 is 1.69 bits per heavy atom. The minimum atomic E-state index is -5.15. The highest BCUT2D eigenvalue weighted by molar-refractivity contribution is 7.90. The van der Waals surface area contributed by atoms with Gasteiger partial charge in [-0.15, -0.1) is 29.4 Å². The minimum absolute atomic E-state index is 0.0170. The Kier molecular flexibility index (Phi) is 10.1. The van der Waals surface area contributed by atoms with Gasteiger partial charge in [0.05, 0.1) is 25.0 Å². The molecule has 0 atom stereocenters. The Labute approximate surface area is 291 Å². The van der Waals surface area contributed by atoms with Gasteiger partial charge in [-0.1, -0.05) is 18.1 Å². The van der Waals surface area contributed by atoms with Gasteiger partial charge in [0.25, 0.3) is 27.7 Å². The molecule has 0 unspecified atom stereocenters. The normalized spacial score (nSPS) is 15.6. The summed E-state index contributed by atoms with van der Waals surface area (Å²) in [6, 6.07) is 4.33. The number of amides is 4. The summed E-state index contributed by atoms with van der Waals surface area (Å²) >= 11 is 0. The summed E-state index contributed by atoms with van der Waals surface area (Å²) in [6.07, 6.45) is 2.86. The molecule has 0 fully saturated rings. The number of anilines is 2. The standard InChI is InChI=1S/C19H15FN2O4.C12H11F3N4O6S/c1-2-7-21-15-9-14(13(20)8-16(15)26-10-17(21)23)22-18(24)11-5-3-4-6-12(11)19(22)25;1-18-10(24-2)16-19(11(18)21)9(20)17-26(22,23)8-6-4-3-5-7(8)25-12(13,14)15/h1,8-9H,3-7,10H2;3-6H,1-2H3,(H,17,20). The molecule has 52 heavy (non-hydrogen) atoms. The maximum absolute atomic E-state index is 14.7. The molecule has 0 saturated heterocycles. The summed E-state index contributed by atoms with van der Waals surface area (Å²) < 4.78 is 92.3. The number of methoxy groups -OCH3 is 1. The zero-order valence-electron chi connectivity index (χ0n) is 27.0. The number of alkyl halides is 3. The van der Waals surface area contributed by atoms with E-state index in [0.29, 0.717) is 24.0 Å². The number of imide groups is 1. The van der Waals surface area contributed by atoms with Crippen molar-refractivity contribution < 1.29 is 59.4 Å². The van der Waals surface area contributed by atoms with Crippen molar-refractivity contribution in [1.82, 2.24) is 19.1 Å². The number of hydrogen-bond donors (Lipinski definition) is 1. The fourth-order valence-electron chi connectivity index (χ4n) is 5.43. The van der Waals surface area contributed by atoms with Gasteiger partial charge in [0, 0.05) is 24.3 Å². The van der Waals surface area contributed by atoms with Crippen LogP contribution in [0.5, 0.6) is 17.5 Å². The van der Waals surface area contributed by atoms with Gasteiger partial charge in [-0.25, -0.2) is 36.6 Å². The third kappa shape index (κ3) is 7.18. The summed E-state index contributed by atoms with van der Waals surface area (Å²) in [5.74, 6) is -0.644. The number of ether oxygens (including phenoxy) is 3. The summed E-state index contributed by atoms with van der Waals surface area (Å²) in [5, 5.41) is 3.44. The molecule has 2 aliphatic heterocycles. The Morgan fingerprint density at radius 3 is 2.27 bits per heavy atom. The summed E-state index contributed by atoms with van der Waals surface area (Å²) in [6.45, 7) is -0.262. The maximum atomic E-state index is 14.7. The SMILES string of the molecule is C#CCN1C(=O)COc2cc(F)c(N3C(=O)C4=C(CCCC4)C3=O)cc21.COc1nn(C(=O)NS(=O)(=O)c2ccccc2OC(F)(F)F)c(=O)n1C. The molecule has 1 aliphatic carbocycles. The van der Waals surface area contributed by atoms with Crippen LogP contribution in [0.2, 0.25) is 0 Å². The molecule has 3 heterocycles. The number of nitrogens with zero attached hydrogens (tertiary/aromatic N) is 5. The zero-order chi connectivity index (χ0) is 38.1. The van der Waals surface area contributed by atoms with Crippen molar-refractivity contribution in [3.8, 4) is 29.9 Å². The number of terminal acetylenes is 1. The number of sulfonamides is 1. The van der Waals surface area contributed by atoms with E-state index in [-0.39, 0.29) is 46.9 Å². The second-order valence-electron chi connectivity index (χ2n) is 11.0. The molecule has 3 aromatic rings. The second-order valence-corrected chi connectivity index (χ2v) is 12.7. The first kappa shape index (κ1) is 37.1. The van der Waals surface area contributed by atoms with Crippen LogP contribution < -0.4 is 34.4 Å². The van der Waals surface area contributed by atoms with Gasteiger partial charge in [0.2, 0.25) is 0 Å². The van der Waals surface area contributed by atoms with E-state index < -0.39 is 56.4 Å². The first-order valence-corrected chi connectivity index (χ1v) is 16.4. The van der Waals surface area contributed by atoms with Crippen molar-refractivity contribution in [2.75, 3.05) is 30.1 Å². The van der Waals surface area contributed by atoms with E-state index in [1.807, 2.05) is 0 Å². The molecule has 16 nitrogen and oxygen atoms in total. The topological polar surface area (TPSA) is 188 Å². The number of nitrogens with one attached hydrogen (secondary N) is 1. The fraction of sp³-hybridized carbons (Fsp3) is 0.290. The zero-order valence-corrected chi connectivity index (χ0v) is 27.8. The van der Waals surface area contributed by atoms with Crippen molar-refractivity contribution in [1.29, 1.82) is 0 Å². The monoisotopic (exact) mass is 750 g/mol. The van der Waals surface area contributed by atoms with E-state index in [2.05, 4.69) is 15.8 Å². The lowest BCUT2D eigenvalue weighted by Crippen LogP contribution is -2.40. The van der Waals surface area contributed by atoms with Crippen molar-refractivity contribution in [3.63, 3.8) is 0 Å². The Bertz CT molecular complexity index is 2210. The van der Waals surface area contributed by atoms with E-state index >= 15 is 0 Å². The van der Waals surface area contributed by atoms with Gasteiger partial charge in [0.1, 0.15) is 16.4 Å². The summed E-state index contributed by atoms with van der Waals surface area (Å²) in [4.78, 5) is 62.4. The number of para-hydroxylation sites is 1. The minimum Gasteiger partial charge on any atom is -0.481 e. The van der Waals surface area contributed by atoms with E-state index in [1.54, 1.807) is 0 Å². The number of fused-ring (bicyclic) bond motifs is 1. The van der Waals surface area contributed by atoms with E-state index in [0.717, 1.165) is 59.8 Å². The number of aromatic nitrogens is 3. The third-order valence-electron chi connectivity index (χ3n) is 7.75. The molecule has 1 aromatic heterocycles. The largest absolute Gasteiger partial charge is 0.573 e. The van der Waals surface area contributed by atoms with Crippen LogP contribution in [-0.2, 0) is 31.5 Å². The number of carbonyl (C=O) groups is 4. The molecule has 274 valence electrons. The first-order valence-electron chi connectivity index (χ1n) is 14.9. The lowest BCUT2D eigenvalue weighted by Gasteiger charge is -2.29. The number of halogens is 4. The predicted molar refractivity (Wildman–Crippen MR) is 169 cm³/mol. The van der Waals surface area contributed by atoms with Crippen LogP contribution in [0.25, 0.3) is 0 Å². The van der Waals surface area contributed by atoms with Crippen LogP contribution in [0.4, 0.5) is 33.7 Å². The maximum Gasteiger partial charge on any atom is 0.573 e. The van der Waals surface area contributed by atoms with Gasteiger partial charge in [-0.2, -0.15) is 0 Å². The molecule has 6 rings (SSSR count). The molecular formula is C31H26F4N6O10S. The van der Waals surface area contributed by atoms with Crippen molar-refractivity contribution in [2.24, 2.45) is 7.05 Å². The first-order chi connectivity index (χ1) is 24.5. The number of carbonyl (C=O) groups excluding carboxylic acids is 4. The van der Waals surface area contributed by atoms with E-state index in [9.17, 15) is 50.0 Å². The van der Waals surface area contributed by atoms with Crippen LogP contribution in [0, 0.1) is 18.2 Å².